The zero-order valence-corrected chi connectivity index (χ0v) is 14.8. The van der Waals surface area contributed by atoms with Crippen molar-refractivity contribution in [3.63, 3.8) is 0 Å². The van der Waals surface area contributed by atoms with Gasteiger partial charge in [0.25, 0.3) is 5.91 Å². The summed E-state index contributed by atoms with van der Waals surface area (Å²) in [5.41, 5.74) is 3.22. The Bertz CT molecular complexity index is 955. The number of carbonyl (C=O) groups is 2. The summed E-state index contributed by atoms with van der Waals surface area (Å²) in [4.78, 5) is 25.5. The van der Waals surface area contributed by atoms with Crippen molar-refractivity contribution in [1.29, 1.82) is 0 Å². The number of rotatable bonds is 4. The highest BCUT2D eigenvalue weighted by Crippen LogP contribution is 2.29. The van der Waals surface area contributed by atoms with Gasteiger partial charge in [-0.3, -0.25) is 14.6 Å². The lowest BCUT2D eigenvalue weighted by Gasteiger charge is -2.09. The van der Waals surface area contributed by atoms with E-state index in [9.17, 15) is 9.59 Å². The minimum absolute atomic E-state index is 0.101. The second-order valence-electron chi connectivity index (χ2n) is 6.21. The Labute approximate surface area is 151 Å². The van der Waals surface area contributed by atoms with E-state index >= 15 is 0 Å². The van der Waals surface area contributed by atoms with Crippen LogP contribution in [0.2, 0.25) is 0 Å². The number of carbonyl (C=O) groups excluding carboxylic acids is 2. The predicted molar refractivity (Wildman–Crippen MR) is 97.6 cm³/mol. The summed E-state index contributed by atoms with van der Waals surface area (Å²) >= 11 is 0. The van der Waals surface area contributed by atoms with Crippen LogP contribution in [0.3, 0.4) is 0 Å². The highest BCUT2D eigenvalue weighted by Gasteiger charge is 2.30. The molecule has 0 aliphatic rings. The molecule has 2 N–H and O–H groups in total. The fourth-order valence-corrected chi connectivity index (χ4v) is 2.57. The molecule has 0 spiro atoms. The minimum Gasteiger partial charge on any atom is -0.355 e. The standard InChI is InChI=1S/C20H19N3O3/c1-12-4-8-14(9-5-12)18(24)16-17(20(25)23(3)21)22-26-19(16)15-10-6-13(2)7-11-15/h4-11H,21H2,1-3H3. The molecule has 0 fully saturated rings. The number of nitrogens with zero attached hydrogens (tertiary/aromatic N) is 2. The Morgan fingerprint density at radius 1 is 0.962 bits per heavy atom. The van der Waals surface area contributed by atoms with Crippen LogP contribution in [-0.2, 0) is 0 Å². The second-order valence-corrected chi connectivity index (χ2v) is 6.21. The summed E-state index contributed by atoms with van der Waals surface area (Å²) in [6.45, 7) is 3.89. The van der Waals surface area contributed by atoms with Crippen LogP contribution in [-0.4, -0.2) is 28.9 Å². The first-order chi connectivity index (χ1) is 12.4. The Kier molecular flexibility index (Phi) is 4.69. The molecule has 3 rings (SSSR count). The average Bonchev–Trinajstić information content (AvgIpc) is 3.06. The molecule has 0 unspecified atom stereocenters. The van der Waals surface area contributed by atoms with Crippen LogP contribution in [0.1, 0.15) is 37.5 Å². The molecule has 3 aromatic rings. The topological polar surface area (TPSA) is 89.4 Å². The Balaban J connectivity index is 2.17. The Morgan fingerprint density at radius 3 is 2.04 bits per heavy atom. The van der Waals surface area contributed by atoms with Gasteiger partial charge in [-0.25, -0.2) is 5.84 Å². The number of ketones is 1. The second kappa shape index (κ2) is 6.93. The molecule has 0 saturated heterocycles. The van der Waals surface area contributed by atoms with Gasteiger partial charge in [-0.15, -0.1) is 0 Å². The summed E-state index contributed by atoms with van der Waals surface area (Å²) in [5.74, 6) is 4.87. The lowest BCUT2D eigenvalue weighted by molar-refractivity contribution is 0.0780. The predicted octanol–water partition coefficient (Wildman–Crippen LogP) is 3.14. The number of amides is 1. The number of hydrazine groups is 1. The van der Waals surface area contributed by atoms with Crippen molar-refractivity contribution in [2.75, 3.05) is 7.05 Å². The van der Waals surface area contributed by atoms with Crippen LogP contribution in [0.4, 0.5) is 0 Å². The fraction of sp³-hybridized carbons (Fsp3) is 0.150. The normalized spacial score (nSPS) is 10.6. The SMILES string of the molecule is Cc1ccc(C(=O)c2c(C(=O)N(C)N)noc2-c2ccc(C)cc2)cc1. The molecule has 0 aliphatic heterocycles. The monoisotopic (exact) mass is 349 g/mol. The Morgan fingerprint density at radius 2 is 1.50 bits per heavy atom. The van der Waals surface area contributed by atoms with Gasteiger partial charge in [0, 0.05) is 18.2 Å². The summed E-state index contributed by atoms with van der Waals surface area (Å²) in [5, 5.41) is 4.71. The number of hydrogen-bond acceptors (Lipinski definition) is 5. The molecule has 1 heterocycles. The lowest BCUT2D eigenvalue weighted by atomic mass is 9.97. The van der Waals surface area contributed by atoms with Crippen molar-refractivity contribution < 1.29 is 14.1 Å². The molecule has 2 aromatic carbocycles. The minimum atomic E-state index is -0.595. The van der Waals surface area contributed by atoms with Gasteiger partial charge in [0.1, 0.15) is 5.56 Å². The molecule has 0 radical (unpaired) electrons. The summed E-state index contributed by atoms with van der Waals surface area (Å²) in [6, 6.07) is 14.5. The van der Waals surface area contributed by atoms with E-state index in [-0.39, 0.29) is 22.8 Å². The number of hydrogen-bond donors (Lipinski definition) is 1. The highest BCUT2D eigenvalue weighted by atomic mass is 16.5. The molecule has 6 nitrogen and oxygen atoms in total. The largest absolute Gasteiger partial charge is 0.355 e. The molecule has 6 heteroatoms. The van der Waals surface area contributed by atoms with Gasteiger partial charge < -0.3 is 4.52 Å². The van der Waals surface area contributed by atoms with Crippen molar-refractivity contribution in [1.82, 2.24) is 10.2 Å². The highest BCUT2D eigenvalue weighted by molar-refractivity contribution is 6.17. The van der Waals surface area contributed by atoms with E-state index in [0.29, 0.717) is 11.1 Å². The molecule has 0 saturated carbocycles. The van der Waals surface area contributed by atoms with Crippen LogP contribution in [0.15, 0.2) is 53.1 Å². The summed E-state index contributed by atoms with van der Waals surface area (Å²) in [7, 11) is 1.39. The summed E-state index contributed by atoms with van der Waals surface area (Å²) in [6.07, 6.45) is 0. The van der Waals surface area contributed by atoms with Gasteiger partial charge in [-0.1, -0.05) is 64.8 Å². The third-order valence-electron chi connectivity index (χ3n) is 4.07. The number of nitrogens with two attached hydrogens (primary N) is 1. The van der Waals surface area contributed by atoms with Crippen LogP contribution in [0.5, 0.6) is 0 Å². The molecule has 0 bridgehead atoms. The quantitative estimate of drug-likeness (QED) is 0.338. The van der Waals surface area contributed by atoms with Crippen molar-refractivity contribution in [3.05, 3.63) is 76.5 Å². The molecule has 1 amide bonds. The first-order valence-corrected chi connectivity index (χ1v) is 8.09. The van der Waals surface area contributed by atoms with Crippen LogP contribution in [0, 0.1) is 13.8 Å². The molecule has 0 aliphatic carbocycles. The Hall–Kier alpha value is -3.25. The van der Waals surface area contributed by atoms with Gasteiger partial charge in [-0.2, -0.15) is 0 Å². The van der Waals surface area contributed by atoms with E-state index in [1.807, 2.05) is 50.2 Å². The molecule has 1 aromatic heterocycles. The maximum atomic E-state index is 13.1. The number of benzene rings is 2. The maximum absolute atomic E-state index is 13.1. The van der Waals surface area contributed by atoms with E-state index in [1.54, 1.807) is 12.1 Å². The first kappa shape index (κ1) is 17.6. The van der Waals surface area contributed by atoms with E-state index in [0.717, 1.165) is 16.1 Å². The van der Waals surface area contributed by atoms with E-state index in [1.165, 1.54) is 7.05 Å². The van der Waals surface area contributed by atoms with Crippen molar-refractivity contribution in [2.45, 2.75) is 13.8 Å². The lowest BCUT2D eigenvalue weighted by Crippen LogP contribution is -2.34. The zero-order chi connectivity index (χ0) is 18.8. The van der Waals surface area contributed by atoms with Gasteiger partial charge in [0.15, 0.2) is 17.2 Å². The van der Waals surface area contributed by atoms with E-state index in [4.69, 9.17) is 10.4 Å². The maximum Gasteiger partial charge on any atom is 0.290 e. The van der Waals surface area contributed by atoms with Crippen LogP contribution >= 0.6 is 0 Å². The third-order valence-corrected chi connectivity index (χ3v) is 4.07. The fourth-order valence-electron chi connectivity index (χ4n) is 2.57. The van der Waals surface area contributed by atoms with Gasteiger partial charge in [0.2, 0.25) is 0 Å². The van der Waals surface area contributed by atoms with E-state index in [2.05, 4.69) is 5.16 Å². The molecule has 0 atom stereocenters. The van der Waals surface area contributed by atoms with Crippen LogP contribution in [0.25, 0.3) is 11.3 Å². The number of aryl methyl sites for hydroxylation is 2. The smallest absolute Gasteiger partial charge is 0.290 e. The van der Waals surface area contributed by atoms with Crippen molar-refractivity contribution in [2.24, 2.45) is 5.84 Å². The van der Waals surface area contributed by atoms with Crippen molar-refractivity contribution in [3.8, 4) is 11.3 Å². The summed E-state index contributed by atoms with van der Waals surface area (Å²) < 4.78 is 5.39. The molecule has 132 valence electrons. The average molecular weight is 349 g/mol. The molecular weight excluding hydrogens is 330 g/mol. The third kappa shape index (κ3) is 3.27. The van der Waals surface area contributed by atoms with Gasteiger partial charge in [-0.05, 0) is 13.8 Å². The van der Waals surface area contributed by atoms with E-state index < -0.39 is 5.91 Å². The van der Waals surface area contributed by atoms with Crippen LogP contribution < -0.4 is 5.84 Å². The molecule has 26 heavy (non-hydrogen) atoms. The van der Waals surface area contributed by atoms with Gasteiger partial charge >= 0.3 is 0 Å². The first-order valence-electron chi connectivity index (χ1n) is 8.09. The zero-order valence-electron chi connectivity index (χ0n) is 14.8. The number of aromatic nitrogens is 1. The van der Waals surface area contributed by atoms with Gasteiger partial charge in [0.05, 0.1) is 0 Å². The molecular formula is C20H19N3O3. The van der Waals surface area contributed by atoms with Crippen molar-refractivity contribution >= 4 is 11.7 Å².